The van der Waals surface area contributed by atoms with Crippen molar-refractivity contribution in [2.45, 2.75) is 88.5 Å². The molecule has 23 heteroatoms. The summed E-state index contributed by atoms with van der Waals surface area (Å²) in [6.45, 7) is -9.93. The van der Waals surface area contributed by atoms with E-state index in [2.05, 4.69) is 9.47 Å². The number of ether oxygens (including phenoxy) is 3. The highest BCUT2D eigenvalue weighted by Crippen LogP contribution is 2.66. The lowest BCUT2D eigenvalue weighted by atomic mass is 9.74. The van der Waals surface area contributed by atoms with Crippen molar-refractivity contribution in [3.8, 4) is 0 Å². The van der Waals surface area contributed by atoms with Crippen LogP contribution in [0.15, 0.2) is 0 Å². The van der Waals surface area contributed by atoms with Crippen molar-refractivity contribution in [1.29, 1.82) is 0 Å². The Hall–Kier alpha value is -1.49. The Kier molecular flexibility index (Phi) is 10.5. The Morgan fingerprint density at radius 2 is 0.732 bits per heavy atom. The minimum absolute atomic E-state index is 0.317. The molecular formula is C18H19F19O4. The molecule has 1 unspecified atom stereocenters. The first kappa shape index (κ1) is 39.5. The minimum atomic E-state index is -7.40. The summed E-state index contributed by atoms with van der Waals surface area (Å²) in [7, 11) is 0. The molecule has 0 radical (unpaired) electrons. The quantitative estimate of drug-likeness (QED) is 0.171. The SMILES string of the molecule is CCC(C(C)(F)F)(C(F)(F)OC(F)(F)C(F)(F)OC(F)(F)CO)C(F)(F)OC(F)(F)C(CF)(C(C)(F)F)C(C)(F)F. The Morgan fingerprint density at radius 1 is 0.463 bits per heavy atom. The van der Waals surface area contributed by atoms with E-state index in [4.69, 9.17) is 5.11 Å². The van der Waals surface area contributed by atoms with E-state index >= 15 is 0 Å². The lowest BCUT2D eigenvalue weighted by Crippen LogP contribution is -2.71. The highest BCUT2D eigenvalue weighted by molar-refractivity contribution is 5.07. The van der Waals surface area contributed by atoms with Crippen molar-refractivity contribution in [3.63, 3.8) is 0 Å². The first-order valence-corrected chi connectivity index (χ1v) is 10.2. The van der Waals surface area contributed by atoms with Gasteiger partial charge in [-0.1, -0.05) is 6.92 Å². The maximum Gasteiger partial charge on any atom is 0.453 e. The summed E-state index contributed by atoms with van der Waals surface area (Å²) in [6, 6.07) is 0. The number of aliphatic hydroxyl groups is 1. The lowest BCUT2D eigenvalue weighted by molar-refractivity contribution is -0.561. The third kappa shape index (κ3) is 6.55. The van der Waals surface area contributed by atoms with Crippen LogP contribution in [-0.4, -0.2) is 72.8 Å². The summed E-state index contributed by atoms with van der Waals surface area (Å²) in [6.07, 6.45) is -45.1. The highest BCUT2D eigenvalue weighted by atomic mass is 19.3. The first-order valence-electron chi connectivity index (χ1n) is 10.2. The molecule has 0 aromatic rings. The van der Waals surface area contributed by atoms with Crippen LogP contribution in [0.25, 0.3) is 0 Å². The second-order valence-electron chi connectivity index (χ2n) is 8.65. The molecule has 1 N–H and O–H groups in total. The van der Waals surface area contributed by atoms with E-state index in [1.807, 2.05) is 4.74 Å². The molecule has 0 rings (SSSR count). The van der Waals surface area contributed by atoms with Crippen molar-refractivity contribution < 1.29 is 103 Å². The van der Waals surface area contributed by atoms with E-state index < -0.39 is 106 Å². The van der Waals surface area contributed by atoms with Crippen LogP contribution in [0.4, 0.5) is 83.4 Å². The van der Waals surface area contributed by atoms with Crippen molar-refractivity contribution in [1.82, 2.24) is 0 Å². The van der Waals surface area contributed by atoms with Crippen LogP contribution in [0.1, 0.15) is 34.1 Å². The molecule has 0 aromatic heterocycles. The molecule has 0 heterocycles. The van der Waals surface area contributed by atoms with Crippen LogP contribution < -0.4 is 0 Å². The van der Waals surface area contributed by atoms with Gasteiger partial charge in [0.05, 0.1) is 0 Å². The Balaban J connectivity index is 7.32. The van der Waals surface area contributed by atoms with Gasteiger partial charge in [0.1, 0.15) is 13.3 Å². The highest BCUT2D eigenvalue weighted by Gasteiger charge is 2.86. The minimum Gasteiger partial charge on any atom is -0.387 e. The monoisotopic (exact) mass is 660 g/mol. The Morgan fingerprint density at radius 3 is 0.976 bits per heavy atom. The fourth-order valence-corrected chi connectivity index (χ4v) is 3.53. The van der Waals surface area contributed by atoms with Gasteiger partial charge in [-0.05, 0) is 6.42 Å². The van der Waals surface area contributed by atoms with Gasteiger partial charge in [-0.3, -0.25) is 4.74 Å². The third-order valence-electron chi connectivity index (χ3n) is 5.78. The zero-order valence-electron chi connectivity index (χ0n) is 20.5. The summed E-state index contributed by atoms with van der Waals surface area (Å²) < 4.78 is 272. The zero-order valence-corrected chi connectivity index (χ0v) is 20.5. The number of hydrogen-bond acceptors (Lipinski definition) is 4. The Labute approximate surface area is 216 Å². The molecule has 41 heavy (non-hydrogen) atoms. The summed E-state index contributed by atoms with van der Waals surface area (Å²) in [5.74, 6) is -17.9. The smallest absolute Gasteiger partial charge is 0.387 e. The average molecular weight is 660 g/mol. The van der Waals surface area contributed by atoms with Crippen LogP contribution >= 0.6 is 0 Å². The van der Waals surface area contributed by atoms with E-state index in [9.17, 15) is 83.4 Å². The standard InChI is InChI=1S/C18H19F19O4/c1-5-11(8(2,20)21,15(30,31)41-18(36,37)17(34,35)39-13(26,27)7-38)14(28,29)40-16(32,33)12(6-19,9(3,22)23)10(4,24)25/h38H,5-7H2,1-4H3. The van der Waals surface area contributed by atoms with Gasteiger partial charge in [-0.15, -0.1) is 0 Å². The van der Waals surface area contributed by atoms with Crippen molar-refractivity contribution in [2.75, 3.05) is 13.3 Å². The molecule has 0 aliphatic carbocycles. The van der Waals surface area contributed by atoms with Crippen LogP contribution in [0.3, 0.4) is 0 Å². The van der Waals surface area contributed by atoms with Gasteiger partial charge in [0.15, 0.2) is 0 Å². The molecule has 0 aromatic carbocycles. The number of rotatable bonds is 16. The number of aliphatic hydroxyl groups excluding tert-OH is 1. The molecule has 0 saturated carbocycles. The van der Waals surface area contributed by atoms with Crippen LogP contribution in [0, 0.1) is 10.8 Å². The zero-order chi connectivity index (χ0) is 33.7. The van der Waals surface area contributed by atoms with E-state index in [0.717, 1.165) is 0 Å². The average Bonchev–Trinajstić information content (AvgIpc) is 2.62. The van der Waals surface area contributed by atoms with Gasteiger partial charge < -0.3 is 5.11 Å². The molecule has 4 nitrogen and oxygen atoms in total. The summed E-state index contributed by atoms with van der Waals surface area (Å²) >= 11 is 0. The summed E-state index contributed by atoms with van der Waals surface area (Å²) in [4.78, 5) is 0. The fraction of sp³-hybridized carbons (Fsp3) is 1.00. The first-order chi connectivity index (χ1) is 17.6. The van der Waals surface area contributed by atoms with Gasteiger partial charge in [-0.25, -0.2) is 40.2 Å². The van der Waals surface area contributed by atoms with E-state index in [1.165, 1.54) is 0 Å². The number of alkyl halides is 19. The van der Waals surface area contributed by atoms with Gasteiger partial charge in [0.2, 0.25) is 10.8 Å². The molecule has 0 aliphatic heterocycles. The van der Waals surface area contributed by atoms with Crippen molar-refractivity contribution >= 4 is 0 Å². The van der Waals surface area contributed by atoms with Gasteiger partial charge >= 0.3 is 36.7 Å². The Bertz CT molecular complexity index is 876. The summed E-state index contributed by atoms with van der Waals surface area (Å²) in [5.41, 5.74) is -12.6. The van der Waals surface area contributed by atoms with E-state index in [0.29, 0.717) is 0 Å². The van der Waals surface area contributed by atoms with Gasteiger partial charge in [0, 0.05) is 20.8 Å². The second kappa shape index (κ2) is 10.9. The van der Waals surface area contributed by atoms with Crippen molar-refractivity contribution in [3.05, 3.63) is 0 Å². The molecule has 1 atom stereocenters. The normalized spacial score (nSPS) is 17.6. The van der Waals surface area contributed by atoms with Crippen LogP contribution in [0.2, 0.25) is 0 Å². The maximum absolute atomic E-state index is 14.9. The molecule has 0 amide bonds. The van der Waals surface area contributed by atoms with Crippen LogP contribution in [0.5, 0.6) is 0 Å². The summed E-state index contributed by atoms with van der Waals surface area (Å²) in [5, 5.41) is 8.08. The molecule has 0 fully saturated rings. The predicted octanol–water partition coefficient (Wildman–Crippen LogP) is 7.90. The lowest BCUT2D eigenvalue weighted by Gasteiger charge is -2.50. The van der Waals surface area contributed by atoms with Crippen molar-refractivity contribution in [2.24, 2.45) is 10.8 Å². The molecule has 0 bridgehead atoms. The number of halogens is 19. The van der Waals surface area contributed by atoms with Gasteiger partial charge in [0.25, 0.3) is 17.8 Å². The van der Waals surface area contributed by atoms with Gasteiger partial charge in [-0.2, -0.15) is 52.7 Å². The molecule has 0 spiro atoms. The molecule has 0 saturated heterocycles. The maximum atomic E-state index is 14.9. The fourth-order valence-electron chi connectivity index (χ4n) is 3.53. The molecule has 0 aliphatic rings. The van der Waals surface area contributed by atoms with E-state index in [1.54, 1.807) is 0 Å². The number of hydrogen-bond donors (Lipinski definition) is 1. The second-order valence-corrected chi connectivity index (χ2v) is 8.65. The largest absolute Gasteiger partial charge is 0.453 e. The van der Waals surface area contributed by atoms with E-state index in [-0.39, 0.29) is 6.92 Å². The van der Waals surface area contributed by atoms with Crippen LogP contribution in [-0.2, 0) is 14.2 Å². The predicted molar refractivity (Wildman–Crippen MR) is 93.0 cm³/mol. The topological polar surface area (TPSA) is 47.9 Å². The molecule has 248 valence electrons. The third-order valence-corrected chi connectivity index (χ3v) is 5.78. The molecular weight excluding hydrogens is 641 g/mol.